The third-order valence-electron chi connectivity index (χ3n) is 4.38. The first-order valence-electron chi connectivity index (χ1n) is 8.31. The van der Waals surface area contributed by atoms with Crippen LogP contribution >= 0.6 is 0 Å². The van der Waals surface area contributed by atoms with Gasteiger partial charge in [-0.05, 0) is 50.9 Å². The van der Waals surface area contributed by atoms with Crippen molar-refractivity contribution in [1.82, 2.24) is 20.1 Å². The second-order valence-electron chi connectivity index (χ2n) is 8.46. The molecule has 21 heavy (non-hydrogen) atoms. The summed E-state index contributed by atoms with van der Waals surface area (Å²) in [6.07, 6.45) is 5.46. The predicted octanol–water partition coefficient (Wildman–Crippen LogP) is 3.28. The molecule has 0 amide bonds. The average Bonchev–Trinajstić information content (AvgIpc) is 3.12. The van der Waals surface area contributed by atoms with Crippen LogP contribution in [0.15, 0.2) is 6.33 Å². The van der Waals surface area contributed by atoms with Crippen molar-refractivity contribution in [3.8, 4) is 0 Å². The topological polar surface area (TPSA) is 42.7 Å². The molecule has 1 heterocycles. The van der Waals surface area contributed by atoms with Gasteiger partial charge in [0.1, 0.15) is 12.2 Å². The molecule has 0 aromatic carbocycles. The molecule has 0 saturated heterocycles. The Morgan fingerprint density at radius 1 is 1.29 bits per heavy atom. The highest BCUT2D eigenvalue weighted by atomic mass is 15.3. The molecule has 1 saturated carbocycles. The normalized spacial score (nSPS) is 19.0. The summed E-state index contributed by atoms with van der Waals surface area (Å²) in [7, 11) is 0. The van der Waals surface area contributed by atoms with E-state index >= 15 is 0 Å². The Hall–Kier alpha value is -0.900. The molecule has 1 N–H and O–H groups in total. The SMILES string of the molecule is CC(C)Cn1ncnc1CC(C)(CNC(C)(C)C)C1CC1. The van der Waals surface area contributed by atoms with Gasteiger partial charge in [-0.3, -0.25) is 0 Å². The van der Waals surface area contributed by atoms with Crippen LogP contribution in [0.4, 0.5) is 0 Å². The van der Waals surface area contributed by atoms with Gasteiger partial charge in [-0.25, -0.2) is 9.67 Å². The van der Waals surface area contributed by atoms with Gasteiger partial charge in [0.05, 0.1) is 0 Å². The number of aromatic nitrogens is 3. The minimum absolute atomic E-state index is 0.168. The number of nitrogens with one attached hydrogen (secondary N) is 1. The highest BCUT2D eigenvalue weighted by Gasteiger charge is 2.42. The fraction of sp³-hybridized carbons (Fsp3) is 0.882. The van der Waals surface area contributed by atoms with Gasteiger partial charge in [0.2, 0.25) is 0 Å². The first-order chi connectivity index (χ1) is 9.70. The van der Waals surface area contributed by atoms with Crippen LogP contribution in [0.3, 0.4) is 0 Å². The van der Waals surface area contributed by atoms with E-state index in [1.54, 1.807) is 6.33 Å². The van der Waals surface area contributed by atoms with Crippen LogP contribution in [-0.2, 0) is 13.0 Å². The maximum absolute atomic E-state index is 4.53. The summed E-state index contributed by atoms with van der Waals surface area (Å²) in [6.45, 7) is 15.6. The van der Waals surface area contributed by atoms with E-state index in [2.05, 4.69) is 61.6 Å². The largest absolute Gasteiger partial charge is 0.312 e. The molecule has 4 heteroatoms. The molecule has 0 bridgehead atoms. The van der Waals surface area contributed by atoms with Gasteiger partial charge in [0, 0.05) is 25.0 Å². The van der Waals surface area contributed by atoms with Gasteiger partial charge in [-0.1, -0.05) is 20.8 Å². The van der Waals surface area contributed by atoms with Crippen LogP contribution in [0.25, 0.3) is 0 Å². The van der Waals surface area contributed by atoms with Crippen LogP contribution in [0.2, 0.25) is 0 Å². The van der Waals surface area contributed by atoms with Crippen molar-refractivity contribution in [2.24, 2.45) is 17.3 Å². The van der Waals surface area contributed by atoms with Crippen LogP contribution in [0, 0.1) is 17.3 Å². The molecule has 1 aliphatic rings. The summed E-state index contributed by atoms with van der Waals surface area (Å²) in [4.78, 5) is 4.53. The van der Waals surface area contributed by atoms with Gasteiger partial charge in [0.15, 0.2) is 0 Å². The molecule has 0 radical (unpaired) electrons. The van der Waals surface area contributed by atoms with E-state index in [0.717, 1.165) is 31.3 Å². The Balaban J connectivity index is 2.07. The molecule has 1 aliphatic carbocycles. The molecule has 1 unspecified atom stereocenters. The maximum atomic E-state index is 4.53. The Morgan fingerprint density at radius 2 is 1.95 bits per heavy atom. The van der Waals surface area contributed by atoms with Crippen molar-refractivity contribution < 1.29 is 0 Å². The van der Waals surface area contributed by atoms with Gasteiger partial charge in [0.25, 0.3) is 0 Å². The lowest BCUT2D eigenvalue weighted by Crippen LogP contribution is -2.45. The van der Waals surface area contributed by atoms with Crippen molar-refractivity contribution in [3.63, 3.8) is 0 Å². The van der Waals surface area contributed by atoms with Crippen LogP contribution in [-0.4, -0.2) is 26.8 Å². The lowest BCUT2D eigenvalue weighted by Gasteiger charge is -2.34. The maximum Gasteiger partial charge on any atom is 0.138 e. The Morgan fingerprint density at radius 3 is 2.48 bits per heavy atom. The first-order valence-corrected chi connectivity index (χ1v) is 8.31. The standard InChI is InChI=1S/C17H32N4/c1-13(2)10-21-15(18-12-20-21)9-17(6,14-7-8-14)11-19-16(3,4)5/h12-14,19H,7-11H2,1-6H3. The second-order valence-corrected chi connectivity index (χ2v) is 8.46. The Kier molecular flexibility index (Phi) is 4.76. The molecule has 0 spiro atoms. The van der Waals surface area contributed by atoms with E-state index in [4.69, 9.17) is 0 Å². The third kappa shape index (κ3) is 4.80. The van der Waals surface area contributed by atoms with E-state index in [1.807, 2.05) is 0 Å². The molecular formula is C17H32N4. The number of hydrogen-bond acceptors (Lipinski definition) is 3. The summed E-state index contributed by atoms with van der Waals surface area (Å²) in [5, 5.41) is 8.11. The number of nitrogens with zero attached hydrogens (tertiary/aromatic N) is 3. The summed E-state index contributed by atoms with van der Waals surface area (Å²) in [6, 6.07) is 0. The van der Waals surface area contributed by atoms with Crippen molar-refractivity contribution in [2.75, 3.05) is 6.54 Å². The van der Waals surface area contributed by atoms with Gasteiger partial charge in [-0.2, -0.15) is 5.10 Å². The second kappa shape index (κ2) is 6.07. The van der Waals surface area contributed by atoms with E-state index in [-0.39, 0.29) is 11.0 Å². The third-order valence-corrected chi connectivity index (χ3v) is 4.38. The molecule has 2 rings (SSSR count). The van der Waals surface area contributed by atoms with Crippen LogP contribution in [0.1, 0.15) is 60.2 Å². The highest BCUT2D eigenvalue weighted by molar-refractivity contribution is 5.01. The zero-order valence-electron chi connectivity index (χ0n) is 14.6. The van der Waals surface area contributed by atoms with Crippen LogP contribution < -0.4 is 5.32 Å². The molecule has 1 atom stereocenters. The van der Waals surface area contributed by atoms with Gasteiger partial charge < -0.3 is 5.32 Å². The Bertz CT molecular complexity index is 454. The average molecular weight is 292 g/mol. The molecular weight excluding hydrogens is 260 g/mol. The van der Waals surface area contributed by atoms with Crippen molar-refractivity contribution in [3.05, 3.63) is 12.2 Å². The first kappa shape index (κ1) is 16.5. The summed E-state index contributed by atoms with van der Waals surface area (Å²) >= 11 is 0. The fourth-order valence-corrected chi connectivity index (χ4v) is 2.88. The van der Waals surface area contributed by atoms with Gasteiger partial charge >= 0.3 is 0 Å². The van der Waals surface area contributed by atoms with E-state index in [0.29, 0.717) is 5.92 Å². The molecule has 4 nitrogen and oxygen atoms in total. The zero-order chi connectivity index (χ0) is 15.7. The molecule has 1 fully saturated rings. The zero-order valence-corrected chi connectivity index (χ0v) is 14.6. The minimum atomic E-state index is 0.168. The minimum Gasteiger partial charge on any atom is -0.312 e. The van der Waals surface area contributed by atoms with Crippen molar-refractivity contribution in [1.29, 1.82) is 0 Å². The van der Waals surface area contributed by atoms with E-state index in [9.17, 15) is 0 Å². The van der Waals surface area contributed by atoms with E-state index < -0.39 is 0 Å². The predicted molar refractivity (Wildman–Crippen MR) is 87.2 cm³/mol. The van der Waals surface area contributed by atoms with Crippen molar-refractivity contribution in [2.45, 2.75) is 72.9 Å². The molecule has 120 valence electrons. The molecule has 1 aromatic heterocycles. The molecule has 0 aliphatic heterocycles. The van der Waals surface area contributed by atoms with Crippen LogP contribution in [0.5, 0.6) is 0 Å². The summed E-state index contributed by atoms with van der Waals surface area (Å²) in [5.74, 6) is 2.58. The highest BCUT2D eigenvalue weighted by Crippen LogP contribution is 2.47. The monoisotopic (exact) mass is 292 g/mol. The number of hydrogen-bond donors (Lipinski definition) is 1. The van der Waals surface area contributed by atoms with Crippen molar-refractivity contribution >= 4 is 0 Å². The summed E-state index contributed by atoms with van der Waals surface area (Å²) < 4.78 is 2.10. The lowest BCUT2D eigenvalue weighted by atomic mass is 9.80. The van der Waals surface area contributed by atoms with Gasteiger partial charge in [-0.15, -0.1) is 0 Å². The quantitative estimate of drug-likeness (QED) is 0.838. The van der Waals surface area contributed by atoms with E-state index in [1.165, 1.54) is 12.8 Å². The Labute approximate surface area is 129 Å². The molecule has 1 aromatic rings. The number of rotatable bonds is 7. The fourth-order valence-electron chi connectivity index (χ4n) is 2.88. The lowest BCUT2D eigenvalue weighted by molar-refractivity contribution is 0.219. The smallest absolute Gasteiger partial charge is 0.138 e. The summed E-state index contributed by atoms with van der Waals surface area (Å²) in [5.41, 5.74) is 0.455.